The van der Waals surface area contributed by atoms with Gasteiger partial charge >= 0.3 is 0 Å². The zero-order chi connectivity index (χ0) is 19.8. The molecule has 1 aliphatic heterocycles. The molecule has 1 atom stereocenters. The summed E-state index contributed by atoms with van der Waals surface area (Å²) in [6.45, 7) is 3.56. The molecule has 0 bridgehead atoms. The highest BCUT2D eigenvalue weighted by Gasteiger charge is 2.33. The number of aromatic nitrogens is 1. The molecular formula is C22H20ClN3O2. The van der Waals surface area contributed by atoms with Crippen molar-refractivity contribution in [3.05, 3.63) is 70.4 Å². The van der Waals surface area contributed by atoms with Crippen LogP contribution in [0.4, 0.5) is 0 Å². The fourth-order valence-corrected chi connectivity index (χ4v) is 3.74. The van der Waals surface area contributed by atoms with E-state index in [4.69, 9.17) is 16.3 Å². The Balaban J connectivity index is 1.76. The summed E-state index contributed by atoms with van der Waals surface area (Å²) in [5.41, 5.74) is 4.61. The van der Waals surface area contributed by atoms with Gasteiger partial charge in [0, 0.05) is 24.3 Å². The Morgan fingerprint density at radius 2 is 1.93 bits per heavy atom. The van der Waals surface area contributed by atoms with Crippen molar-refractivity contribution in [3.63, 3.8) is 0 Å². The van der Waals surface area contributed by atoms with E-state index in [0.29, 0.717) is 11.6 Å². The van der Waals surface area contributed by atoms with Crippen LogP contribution >= 0.6 is 11.6 Å². The average molecular weight is 394 g/mol. The lowest BCUT2D eigenvalue weighted by atomic mass is 9.98. The van der Waals surface area contributed by atoms with Crippen LogP contribution in [0.1, 0.15) is 36.1 Å². The summed E-state index contributed by atoms with van der Waals surface area (Å²) >= 11 is 6.51. The van der Waals surface area contributed by atoms with E-state index < -0.39 is 0 Å². The number of hydrogen-bond acceptors (Lipinski definition) is 4. The van der Waals surface area contributed by atoms with E-state index in [1.165, 1.54) is 17.5 Å². The first kappa shape index (κ1) is 18.4. The van der Waals surface area contributed by atoms with Crippen LogP contribution in [0.25, 0.3) is 10.9 Å². The minimum Gasteiger partial charge on any atom is -0.497 e. The smallest absolute Gasteiger partial charge is 0.240 e. The normalized spacial score (nSPS) is 16.4. The predicted octanol–water partition coefficient (Wildman–Crippen LogP) is 4.90. The lowest BCUT2D eigenvalue weighted by Crippen LogP contribution is -2.24. The number of aryl methyl sites for hydroxylation is 1. The predicted molar refractivity (Wildman–Crippen MR) is 111 cm³/mol. The second-order valence-electron chi connectivity index (χ2n) is 6.92. The van der Waals surface area contributed by atoms with E-state index in [0.717, 1.165) is 33.5 Å². The third-order valence-corrected chi connectivity index (χ3v) is 5.28. The molecule has 1 aliphatic rings. The zero-order valence-electron chi connectivity index (χ0n) is 15.9. The van der Waals surface area contributed by atoms with Gasteiger partial charge in [-0.2, -0.15) is 5.10 Å². The topological polar surface area (TPSA) is 54.8 Å². The minimum atomic E-state index is -0.288. The molecule has 1 aromatic heterocycles. The third-order valence-electron chi connectivity index (χ3n) is 4.98. The molecule has 0 unspecified atom stereocenters. The number of amides is 1. The summed E-state index contributed by atoms with van der Waals surface area (Å²) in [4.78, 5) is 16.8. The highest BCUT2D eigenvalue weighted by Crippen LogP contribution is 2.37. The molecule has 5 nitrogen and oxygen atoms in total. The van der Waals surface area contributed by atoms with Crippen molar-refractivity contribution in [2.45, 2.75) is 26.3 Å². The number of rotatable bonds is 3. The molecule has 2 heterocycles. The van der Waals surface area contributed by atoms with Crippen LogP contribution < -0.4 is 4.74 Å². The Bertz CT molecular complexity index is 1090. The van der Waals surface area contributed by atoms with E-state index in [2.05, 4.69) is 10.1 Å². The van der Waals surface area contributed by atoms with Crippen molar-refractivity contribution in [2.24, 2.45) is 5.10 Å². The lowest BCUT2D eigenvalue weighted by molar-refractivity contribution is -0.130. The van der Waals surface area contributed by atoms with Crippen LogP contribution in [0.2, 0.25) is 5.15 Å². The number of benzene rings is 2. The Morgan fingerprint density at radius 3 is 2.61 bits per heavy atom. The van der Waals surface area contributed by atoms with Crippen LogP contribution in [0, 0.1) is 6.92 Å². The van der Waals surface area contributed by atoms with E-state index in [1.54, 1.807) is 7.11 Å². The summed E-state index contributed by atoms with van der Waals surface area (Å²) in [5.74, 6) is 0.614. The molecule has 3 aromatic rings. The quantitative estimate of drug-likeness (QED) is 0.594. The van der Waals surface area contributed by atoms with Gasteiger partial charge in [-0.1, -0.05) is 41.4 Å². The standard InChI is InChI=1S/C22H20ClN3O2/c1-13-4-6-15(7-5-13)20-12-21(26(25-20)14(2)27)18-11-16-10-17(28-3)8-9-19(16)24-22(18)23/h4-11,21H,12H2,1-3H3/t21-/m0/s1. The molecule has 6 heteroatoms. The highest BCUT2D eigenvalue weighted by atomic mass is 35.5. The number of hydrogen-bond donors (Lipinski definition) is 0. The van der Waals surface area contributed by atoms with Gasteiger partial charge in [0.2, 0.25) is 5.91 Å². The summed E-state index contributed by atoms with van der Waals surface area (Å²) in [7, 11) is 1.63. The molecule has 142 valence electrons. The fourth-order valence-electron chi connectivity index (χ4n) is 3.47. The van der Waals surface area contributed by atoms with Crippen LogP contribution in [0.5, 0.6) is 5.75 Å². The summed E-state index contributed by atoms with van der Waals surface area (Å²) in [6, 6.07) is 15.5. The summed E-state index contributed by atoms with van der Waals surface area (Å²) in [5, 5.41) is 7.39. The number of fused-ring (bicyclic) bond motifs is 1. The number of hydrazone groups is 1. The van der Waals surface area contributed by atoms with Crippen LogP contribution in [0.3, 0.4) is 0 Å². The van der Waals surface area contributed by atoms with E-state index in [-0.39, 0.29) is 11.9 Å². The van der Waals surface area contributed by atoms with Crippen molar-refractivity contribution in [1.29, 1.82) is 0 Å². The van der Waals surface area contributed by atoms with Gasteiger partial charge < -0.3 is 4.74 Å². The summed E-state index contributed by atoms with van der Waals surface area (Å²) < 4.78 is 5.31. The van der Waals surface area contributed by atoms with Gasteiger partial charge in [0.05, 0.1) is 24.4 Å². The molecule has 2 aromatic carbocycles. The summed E-state index contributed by atoms with van der Waals surface area (Å²) in [6.07, 6.45) is 0.583. The second-order valence-corrected chi connectivity index (χ2v) is 7.28. The van der Waals surface area contributed by atoms with Gasteiger partial charge in [0.15, 0.2) is 0 Å². The molecular weight excluding hydrogens is 374 g/mol. The van der Waals surface area contributed by atoms with Gasteiger partial charge in [-0.15, -0.1) is 0 Å². The largest absolute Gasteiger partial charge is 0.497 e. The van der Waals surface area contributed by atoms with Crippen molar-refractivity contribution in [2.75, 3.05) is 7.11 Å². The minimum absolute atomic E-state index is 0.131. The fraction of sp³-hybridized carbons (Fsp3) is 0.227. The SMILES string of the molecule is COc1ccc2nc(Cl)c([C@@H]3CC(c4ccc(C)cc4)=NN3C(C)=O)cc2c1. The first-order valence-electron chi connectivity index (χ1n) is 9.05. The molecule has 0 aliphatic carbocycles. The van der Waals surface area contributed by atoms with Gasteiger partial charge in [-0.25, -0.2) is 9.99 Å². The number of carbonyl (C=O) groups excluding carboxylic acids is 1. The molecule has 0 saturated carbocycles. The number of pyridine rings is 1. The van der Waals surface area contributed by atoms with Crippen molar-refractivity contribution < 1.29 is 9.53 Å². The number of halogens is 1. The van der Waals surface area contributed by atoms with Gasteiger partial charge in [0.1, 0.15) is 10.9 Å². The third kappa shape index (κ3) is 3.34. The van der Waals surface area contributed by atoms with Crippen molar-refractivity contribution in [3.8, 4) is 5.75 Å². The molecule has 0 radical (unpaired) electrons. The van der Waals surface area contributed by atoms with E-state index in [9.17, 15) is 4.79 Å². The van der Waals surface area contributed by atoms with Crippen molar-refractivity contribution in [1.82, 2.24) is 9.99 Å². The molecule has 0 N–H and O–H groups in total. The molecule has 4 rings (SSSR count). The number of nitrogens with zero attached hydrogens (tertiary/aromatic N) is 3. The number of ether oxygens (including phenoxy) is 1. The Labute approximate surface area is 168 Å². The Morgan fingerprint density at radius 1 is 1.18 bits per heavy atom. The number of carbonyl (C=O) groups is 1. The van der Waals surface area contributed by atoms with Gasteiger partial charge in [0.25, 0.3) is 0 Å². The lowest BCUT2D eigenvalue weighted by Gasteiger charge is -2.21. The van der Waals surface area contributed by atoms with Crippen molar-refractivity contribution >= 4 is 34.1 Å². The number of methoxy groups -OCH3 is 1. The van der Waals surface area contributed by atoms with Crippen LogP contribution in [-0.4, -0.2) is 28.7 Å². The maximum atomic E-state index is 12.3. The van der Waals surface area contributed by atoms with E-state index >= 15 is 0 Å². The Kier molecular flexibility index (Phi) is 4.77. The van der Waals surface area contributed by atoms with Crippen LogP contribution in [-0.2, 0) is 4.79 Å². The molecule has 0 fully saturated rings. The zero-order valence-corrected chi connectivity index (χ0v) is 16.7. The van der Waals surface area contributed by atoms with E-state index in [1.807, 2.05) is 55.5 Å². The monoisotopic (exact) mass is 393 g/mol. The second kappa shape index (κ2) is 7.24. The molecule has 0 spiro atoms. The average Bonchev–Trinajstić information content (AvgIpc) is 3.13. The maximum absolute atomic E-state index is 12.3. The van der Waals surface area contributed by atoms with Gasteiger partial charge in [-0.3, -0.25) is 4.79 Å². The first-order chi connectivity index (χ1) is 13.5. The van der Waals surface area contributed by atoms with Gasteiger partial charge in [-0.05, 0) is 36.8 Å². The molecule has 1 amide bonds. The Hall–Kier alpha value is -2.92. The maximum Gasteiger partial charge on any atom is 0.240 e. The molecule has 0 saturated heterocycles. The highest BCUT2D eigenvalue weighted by molar-refractivity contribution is 6.30. The van der Waals surface area contributed by atoms with Crippen LogP contribution in [0.15, 0.2) is 53.6 Å². The molecule has 28 heavy (non-hydrogen) atoms. The first-order valence-corrected chi connectivity index (χ1v) is 9.42.